The number of nitrogens with one attached hydrogen (secondary N) is 3. The Hall–Kier alpha value is -3.70. The first-order valence-corrected chi connectivity index (χ1v) is 10.5. The van der Waals surface area contributed by atoms with Crippen molar-refractivity contribution < 1.29 is 14.5 Å². The monoisotopic (exact) mass is 412 g/mol. The maximum atomic E-state index is 12.7. The molecule has 31 heavy (non-hydrogen) atoms. The molecule has 4 rings (SSSR count). The Kier molecular flexibility index (Phi) is 6.55. The third kappa shape index (κ3) is 5.47. The molecular weight excluding hydrogens is 386 g/mol. The molecule has 0 saturated heterocycles. The van der Waals surface area contributed by atoms with Crippen molar-refractivity contribution in [1.29, 1.82) is 0 Å². The van der Waals surface area contributed by atoms with Crippen molar-refractivity contribution in [3.63, 3.8) is 0 Å². The lowest BCUT2D eigenvalue weighted by atomic mass is 10.00. The quantitative estimate of drug-likeness (QED) is 0.582. The van der Waals surface area contributed by atoms with Crippen LogP contribution in [-0.2, 0) is 4.79 Å². The van der Waals surface area contributed by atoms with E-state index in [1.54, 1.807) is 18.2 Å². The first-order valence-electron chi connectivity index (χ1n) is 10.5. The predicted molar refractivity (Wildman–Crippen MR) is 124 cm³/mol. The SMILES string of the molecule is O=C(C[NH+]1CC=C(c2ccccc2)CC1)Nc1ccccc1C(=O)Nc1ccccc1. The van der Waals surface area contributed by atoms with E-state index in [1.807, 2.05) is 54.6 Å². The number of anilines is 2. The average Bonchev–Trinajstić information content (AvgIpc) is 2.81. The van der Waals surface area contributed by atoms with Crippen molar-refractivity contribution >= 4 is 28.8 Å². The van der Waals surface area contributed by atoms with E-state index in [0.717, 1.165) is 19.5 Å². The molecule has 5 heteroatoms. The van der Waals surface area contributed by atoms with Crippen LogP contribution in [0.25, 0.3) is 5.57 Å². The molecule has 1 aliphatic heterocycles. The molecule has 0 spiro atoms. The summed E-state index contributed by atoms with van der Waals surface area (Å²) in [6.07, 6.45) is 3.17. The highest BCUT2D eigenvalue weighted by Gasteiger charge is 2.20. The summed E-state index contributed by atoms with van der Waals surface area (Å²) >= 11 is 0. The summed E-state index contributed by atoms with van der Waals surface area (Å²) in [5.41, 5.74) is 4.28. The number of benzene rings is 3. The largest absolute Gasteiger partial charge is 0.324 e. The van der Waals surface area contributed by atoms with Gasteiger partial charge < -0.3 is 15.5 Å². The molecule has 1 heterocycles. The Morgan fingerprint density at radius 3 is 2.19 bits per heavy atom. The molecule has 3 aromatic rings. The highest BCUT2D eigenvalue weighted by atomic mass is 16.2. The van der Waals surface area contributed by atoms with Crippen molar-refractivity contribution in [3.05, 3.63) is 102 Å². The van der Waals surface area contributed by atoms with Crippen molar-refractivity contribution in [2.75, 3.05) is 30.3 Å². The fourth-order valence-corrected chi connectivity index (χ4v) is 3.79. The molecule has 0 fully saturated rings. The molecule has 1 atom stereocenters. The second kappa shape index (κ2) is 9.87. The molecule has 5 nitrogen and oxygen atoms in total. The van der Waals surface area contributed by atoms with Gasteiger partial charge in [0.2, 0.25) is 0 Å². The lowest BCUT2D eigenvalue weighted by Crippen LogP contribution is -3.13. The first-order chi connectivity index (χ1) is 15.2. The topological polar surface area (TPSA) is 62.6 Å². The fourth-order valence-electron chi connectivity index (χ4n) is 3.79. The maximum Gasteiger partial charge on any atom is 0.279 e. The molecular formula is C26H26N3O2+. The van der Waals surface area contributed by atoms with Crippen LogP contribution in [0.1, 0.15) is 22.3 Å². The van der Waals surface area contributed by atoms with Crippen molar-refractivity contribution in [3.8, 4) is 0 Å². The summed E-state index contributed by atoms with van der Waals surface area (Å²) in [7, 11) is 0. The number of amides is 2. The Labute approximate surface area is 182 Å². The van der Waals surface area contributed by atoms with E-state index in [2.05, 4.69) is 28.8 Å². The lowest BCUT2D eigenvalue weighted by molar-refractivity contribution is -0.886. The van der Waals surface area contributed by atoms with Crippen LogP contribution in [0.4, 0.5) is 11.4 Å². The molecule has 2 amide bonds. The third-order valence-electron chi connectivity index (χ3n) is 5.42. The second-order valence-electron chi connectivity index (χ2n) is 7.64. The number of carbonyl (C=O) groups excluding carboxylic acids is 2. The fraction of sp³-hybridized carbons (Fsp3) is 0.154. The van der Waals surface area contributed by atoms with E-state index in [0.29, 0.717) is 23.5 Å². The Morgan fingerprint density at radius 1 is 0.806 bits per heavy atom. The van der Waals surface area contributed by atoms with E-state index in [4.69, 9.17) is 0 Å². The summed E-state index contributed by atoms with van der Waals surface area (Å²) in [6.45, 7) is 2.09. The van der Waals surface area contributed by atoms with Crippen LogP contribution in [0.3, 0.4) is 0 Å². The van der Waals surface area contributed by atoms with Crippen LogP contribution in [0.2, 0.25) is 0 Å². The number of hydrogen-bond acceptors (Lipinski definition) is 2. The Balaban J connectivity index is 1.36. The van der Waals surface area contributed by atoms with Crippen molar-refractivity contribution in [2.24, 2.45) is 0 Å². The standard InChI is InChI=1S/C26H25N3O2/c30-25(19-29-17-15-21(16-18-29)20-9-3-1-4-10-20)28-24-14-8-7-13-23(24)26(31)27-22-11-5-2-6-12-22/h1-15H,16-19H2,(H,27,31)(H,28,30)/p+1. The minimum Gasteiger partial charge on any atom is -0.324 e. The summed E-state index contributed by atoms with van der Waals surface area (Å²) in [5, 5.41) is 5.80. The van der Waals surface area contributed by atoms with Crippen LogP contribution in [0, 0.1) is 0 Å². The van der Waals surface area contributed by atoms with Gasteiger partial charge in [-0.3, -0.25) is 9.59 Å². The van der Waals surface area contributed by atoms with E-state index < -0.39 is 0 Å². The van der Waals surface area contributed by atoms with Gasteiger partial charge in [-0.1, -0.05) is 60.7 Å². The Morgan fingerprint density at radius 2 is 1.48 bits per heavy atom. The van der Waals surface area contributed by atoms with E-state index >= 15 is 0 Å². The van der Waals surface area contributed by atoms with Crippen LogP contribution < -0.4 is 15.5 Å². The summed E-state index contributed by atoms with van der Waals surface area (Å²) in [6, 6.07) is 26.7. The molecule has 156 valence electrons. The number of para-hydroxylation sites is 2. The zero-order chi connectivity index (χ0) is 21.5. The van der Waals surface area contributed by atoms with Crippen molar-refractivity contribution in [1.82, 2.24) is 0 Å². The molecule has 3 aromatic carbocycles. The second-order valence-corrected chi connectivity index (χ2v) is 7.64. The van der Waals surface area contributed by atoms with Crippen LogP contribution in [0.5, 0.6) is 0 Å². The van der Waals surface area contributed by atoms with Crippen LogP contribution in [0.15, 0.2) is 91.0 Å². The molecule has 0 bridgehead atoms. The zero-order valence-corrected chi connectivity index (χ0v) is 17.3. The van der Waals surface area contributed by atoms with Gasteiger partial charge in [-0.2, -0.15) is 0 Å². The van der Waals surface area contributed by atoms with E-state index in [-0.39, 0.29) is 11.8 Å². The summed E-state index contributed by atoms with van der Waals surface area (Å²) < 4.78 is 0. The molecule has 3 N–H and O–H groups in total. The van der Waals surface area contributed by atoms with Gasteiger partial charge in [-0.25, -0.2) is 0 Å². The number of quaternary nitrogens is 1. The van der Waals surface area contributed by atoms with Crippen LogP contribution >= 0.6 is 0 Å². The summed E-state index contributed by atoms with van der Waals surface area (Å²) in [5.74, 6) is -0.339. The number of hydrogen-bond donors (Lipinski definition) is 3. The van der Waals surface area contributed by atoms with Gasteiger partial charge in [0.15, 0.2) is 6.54 Å². The van der Waals surface area contributed by atoms with Gasteiger partial charge in [-0.15, -0.1) is 0 Å². The number of carbonyl (C=O) groups is 2. The minimum absolute atomic E-state index is 0.0912. The minimum atomic E-state index is -0.247. The molecule has 0 saturated carbocycles. The van der Waals surface area contributed by atoms with Gasteiger partial charge in [0.25, 0.3) is 11.8 Å². The van der Waals surface area contributed by atoms with Gasteiger partial charge in [0.1, 0.15) is 0 Å². The van der Waals surface area contributed by atoms with Gasteiger partial charge >= 0.3 is 0 Å². The van der Waals surface area contributed by atoms with Gasteiger partial charge in [0.05, 0.1) is 24.3 Å². The third-order valence-corrected chi connectivity index (χ3v) is 5.42. The van der Waals surface area contributed by atoms with Crippen LogP contribution in [-0.4, -0.2) is 31.4 Å². The maximum absolute atomic E-state index is 12.7. The lowest BCUT2D eigenvalue weighted by Gasteiger charge is -2.23. The number of rotatable bonds is 6. The van der Waals surface area contributed by atoms with E-state index in [9.17, 15) is 9.59 Å². The highest BCUT2D eigenvalue weighted by Crippen LogP contribution is 2.19. The predicted octanol–water partition coefficient (Wildman–Crippen LogP) is 3.25. The molecule has 0 radical (unpaired) electrons. The molecule has 1 aliphatic rings. The molecule has 0 aliphatic carbocycles. The summed E-state index contributed by atoms with van der Waals surface area (Å²) in [4.78, 5) is 26.6. The van der Waals surface area contributed by atoms with Crippen molar-refractivity contribution in [2.45, 2.75) is 6.42 Å². The highest BCUT2D eigenvalue weighted by molar-refractivity contribution is 6.10. The molecule has 1 unspecified atom stereocenters. The molecule has 0 aromatic heterocycles. The van der Waals surface area contributed by atoms with Gasteiger partial charge in [0, 0.05) is 12.1 Å². The zero-order valence-electron chi connectivity index (χ0n) is 17.3. The average molecular weight is 413 g/mol. The smallest absolute Gasteiger partial charge is 0.279 e. The Bertz CT molecular complexity index is 1080. The van der Waals surface area contributed by atoms with E-state index in [1.165, 1.54) is 16.0 Å². The van der Waals surface area contributed by atoms with Gasteiger partial charge in [-0.05, 0) is 41.5 Å². The normalized spacial score (nSPS) is 15.6. The first kappa shape index (κ1) is 20.6.